The van der Waals surface area contributed by atoms with Crippen molar-refractivity contribution in [3.05, 3.63) is 29.6 Å². The van der Waals surface area contributed by atoms with Crippen molar-refractivity contribution < 1.29 is 14.2 Å². The van der Waals surface area contributed by atoms with Crippen LogP contribution < -0.4 is 10.1 Å². The zero-order valence-electron chi connectivity index (χ0n) is 11.1. The SMILES string of the molecule is CCC(CCO)CNCc1ccc(OC)cc1F. The van der Waals surface area contributed by atoms with Crippen LogP contribution in [0.3, 0.4) is 0 Å². The number of ether oxygens (including phenoxy) is 1. The zero-order chi connectivity index (χ0) is 13.4. The van der Waals surface area contributed by atoms with Crippen LogP contribution >= 0.6 is 0 Å². The standard InChI is InChI=1S/C14H22FNO2/c1-3-11(6-7-17)9-16-10-12-4-5-13(18-2)8-14(12)15/h4-5,8,11,16-17H,3,6-7,9-10H2,1-2H3. The molecule has 0 fully saturated rings. The highest BCUT2D eigenvalue weighted by Crippen LogP contribution is 2.16. The number of methoxy groups -OCH3 is 1. The molecule has 0 aromatic heterocycles. The first kappa shape index (κ1) is 14.9. The predicted molar refractivity (Wildman–Crippen MR) is 70.1 cm³/mol. The second kappa shape index (κ2) is 8.06. The molecule has 0 bridgehead atoms. The Morgan fingerprint density at radius 2 is 2.22 bits per heavy atom. The summed E-state index contributed by atoms with van der Waals surface area (Å²) in [7, 11) is 1.52. The lowest BCUT2D eigenvalue weighted by Crippen LogP contribution is -2.23. The summed E-state index contributed by atoms with van der Waals surface area (Å²) >= 11 is 0. The predicted octanol–water partition coefficient (Wildman–Crippen LogP) is 2.33. The minimum absolute atomic E-state index is 0.205. The average molecular weight is 255 g/mol. The third kappa shape index (κ3) is 4.63. The lowest BCUT2D eigenvalue weighted by Gasteiger charge is -2.14. The molecule has 1 aromatic rings. The molecule has 0 saturated heterocycles. The van der Waals surface area contributed by atoms with Crippen LogP contribution in [-0.2, 0) is 6.54 Å². The highest BCUT2D eigenvalue weighted by Gasteiger charge is 2.07. The quantitative estimate of drug-likeness (QED) is 0.749. The first-order valence-corrected chi connectivity index (χ1v) is 6.35. The fourth-order valence-electron chi connectivity index (χ4n) is 1.84. The zero-order valence-corrected chi connectivity index (χ0v) is 11.1. The lowest BCUT2D eigenvalue weighted by molar-refractivity contribution is 0.251. The summed E-state index contributed by atoms with van der Waals surface area (Å²) in [5, 5.41) is 12.1. The highest BCUT2D eigenvalue weighted by atomic mass is 19.1. The van der Waals surface area contributed by atoms with E-state index in [-0.39, 0.29) is 12.4 Å². The molecular weight excluding hydrogens is 233 g/mol. The van der Waals surface area contributed by atoms with Crippen molar-refractivity contribution in [3.63, 3.8) is 0 Å². The van der Waals surface area contributed by atoms with Crippen LogP contribution in [0.2, 0.25) is 0 Å². The molecule has 0 spiro atoms. The van der Waals surface area contributed by atoms with E-state index in [1.807, 2.05) is 0 Å². The largest absolute Gasteiger partial charge is 0.497 e. The molecule has 1 unspecified atom stereocenters. The number of halogens is 1. The summed E-state index contributed by atoms with van der Waals surface area (Å²) < 4.78 is 18.6. The molecule has 0 amide bonds. The van der Waals surface area contributed by atoms with E-state index in [2.05, 4.69) is 12.2 Å². The van der Waals surface area contributed by atoms with E-state index in [0.717, 1.165) is 19.4 Å². The van der Waals surface area contributed by atoms with Gasteiger partial charge in [0.25, 0.3) is 0 Å². The van der Waals surface area contributed by atoms with Gasteiger partial charge in [0.1, 0.15) is 11.6 Å². The number of nitrogens with one attached hydrogen (secondary N) is 1. The van der Waals surface area contributed by atoms with E-state index in [1.54, 1.807) is 12.1 Å². The van der Waals surface area contributed by atoms with Gasteiger partial charge in [-0.15, -0.1) is 0 Å². The minimum atomic E-state index is -0.253. The molecule has 18 heavy (non-hydrogen) atoms. The van der Waals surface area contributed by atoms with Crippen LogP contribution in [0.25, 0.3) is 0 Å². The summed E-state index contributed by atoms with van der Waals surface area (Å²) in [6.07, 6.45) is 1.80. The van der Waals surface area contributed by atoms with Crippen LogP contribution in [0.15, 0.2) is 18.2 Å². The van der Waals surface area contributed by atoms with E-state index in [1.165, 1.54) is 13.2 Å². The van der Waals surface area contributed by atoms with Gasteiger partial charge in [-0.2, -0.15) is 0 Å². The Morgan fingerprint density at radius 3 is 2.78 bits per heavy atom. The Bertz CT molecular complexity index is 358. The molecule has 102 valence electrons. The van der Waals surface area contributed by atoms with Crippen LogP contribution in [0.5, 0.6) is 5.75 Å². The Hall–Kier alpha value is -1.13. The van der Waals surface area contributed by atoms with Gasteiger partial charge < -0.3 is 15.2 Å². The number of rotatable bonds is 8. The maximum Gasteiger partial charge on any atom is 0.131 e. The molecule has 0 aliphatic carbocycles. The van der Waals surface area contributed by atoms with Crippen LogP contribution in [0.4, 0.5) is 4.39 Å². The fraction of sp³-hybridized carbons (Fsp3) is 0.571. The van der Waals surface area contributed by atoms with Gasteiger partial charge in [-0.25, -0.2) is 4.39 Å². The maximum atomic E-state index is 13.6. The smallest absolute Gasteiger partial charge is 0.131 e. The van der Waals surface area contributed by atoms with Crippen LogP contribution in [-0.4, -0.2) is 25.4 Å². The summed E-state index contributed by atoms with van der Waals surface area (Å²) in [5.41, 5.74) is 0.634. The molecule has 0 aliphatic heterocycles. The van der Waals surface area contributed by atoms with Crippen molar-refractivity contribution in [2.75, 3.05) is 20.3 Å². The Morgan fingerprint density at radius 1 is 1.44 bits per heavy atom. The van der Waals surface area contributed by atoms with Crippen molar-refractivity contribution >= 4 is 0 Å². The van der Waals surface area contributed by atoms with Gasteiger partial charge in [0.05, 0.1) is 7.11 Å². The van der Waals surface area contributed by atoms with Crippen LogP contribution in [0.1, 0.15) is 25.3 Å². The van der Waals surface area contributed by atoms with E-state index in [0.29, 0.717) is 23.8 Å². The summed E-state index contributed by atoms with van der Waals surface area (Å²) in [5.74, 6) is 0.719. The molecule has 0 saturated carbocycles. The van der Waals surface area contributed by atoms with Gasteiger partial charge in [-0.05, 0) is 24.9 Å². The van der Waals surface area contributed by atoms with E-state index in [9.17, 15) is 4.39 Å². The number of hydrogen-bond donors (Lipinski definition) is 2. The molecule has 4 heteroatoms. The molecule has 3 nitrogen and oxygen atoms in total. The van der Waals surface area contributed by atoms with Crippen molar-refractivity contribution in [1.82, 2.24) is 5.32 Å². The second-order valence-electron chi connectivity index (χ2n) is 4.37. The maximum absolute atomic E-state index is 13.6. The van der Waals surface area contributed by atoms with Gasteiger partial charge in [0.2, 0.25) is 0 Å². The Labute approximate surface area is 108 Å². The highest BCUT2D eigenvalue weighted by molar-refractivity contribution is 5.28. The van der Waals surface area contributed by atoms with Crippen molar-refractivity contribution in [1.29, 1.82) is 0 Å². The van der Waals surface area contributed by atoms with Crippen molar-refractivity contribution in [2.45, 2.75) is 26.3 Å². The van der Waals surface area contributed by atoms with Gasteiger partial charge in [-0.3, -0.25) is 0 Å². The number of aliphatic hydroxyl groups is 1. The topological polar surface area (TPSA) is 41.5 Å². The third-order valence-corrected chi connectivity index (χ3v) is 3.12. The number of benzene rings is 1. The van der Waals surface area contributed by atoms with Crippen molar-refractivity contribution in [2.24, 2.45) is 5.92 Å². The van der Waals surface area contributed by atoms with Crippen molar-refractivity contribution in [3.8, 4) is 5.75 Å². The van der Waals surface area contributed by atoms with Gasteiger partial charge in [-0.1, -0.05) is 19.4 Å². The van der Waals surface area contributed by atoms with Gasteiger partial charge in [0.15, 0.2) is 0 Å². The normalized spacial score (nSPS) is 12.4. The summed E-state index contributed by atoms with van der Waals surface area (Å²) in [6.45, 7) is 3.59. The first-order chi connectivity index (χ1) is 8.71. The second-order valence-corrected chi connectivity index (χ2v) is 4.37. The molecule has 0 radical (unpaired) electrons. The lowest BCUT2D eigenvalue weighted by atomic mass is 10.0. The third-order valence-electron chi connectivity index (χ3n) is 3.12. The molecular formula is C14H22FNO2. The fourth-order valence-corrected chi connectivity index (χ4v) is 1.84. The van der Waals surface area contributed by atoms with E-state index in [4.69, 9.17) is 9.84 Å². The Balaban J connectivity index is 2.43. The number of aliphatic hydroxyl groups excluding tert-OH is 1. The average Bonchev–Trinajstić information content (AvgIpc) is 2.39. The molecule has 0 aliphatic rings. The minimum Gasteiger partial charge on any atom is -0.497 e. The van der Waals surface area contributed by atoms with Gasteiger partial charge >= 0.3 is 0 Å². The number of hydrogen-bond acceptors (Lipinski definition) is 3. The van der Waals surface area contributed by atoms with Crippen LogP contribution in [0, 0.1) is 11.7 Å². The van der Waals surface area contributed by atoms with E-state index < -0.39 is 0 Å². The summed E-state index contributed by atoms with van der Waals surface area (Å²) in [6, 6.07) is 4.88. The molecule has 1 rings (SSSR count). The summed E-state index contributed by atoms with van der Waals surface area (Å²) in [4.78, 5) is 0. The molecule has 0 heterocycles. The van der Waals surface area contributed by atoms with Gasteiger partial charge in [0, 0.05) is 24.8 Å². The Kier molecular flexibility index (Phi) is 6.68. The molecule has 1 atom stereocenters. The first-order valence-electron chi connectivity index (χ1n) is 6.35. The molecule has 1 aromatic carbocycles. The monoisotopic (exact) mass is 255 g/mol. The molecule has 2 N–H and O–H groups in total. The van der Waals surface area contributed by atoms with E-state index >= 15 is 0 Å².